The van der Waals surface area contributed by atoms with E-state index in [9.17, 15) is 0 Å². The number of allylic oxidation sites excluding steroid dienone is 4. The molecule has 3 aromatic rings. The van der Waals surface area contributed by atoms with E-state index in [1.165, 1.54) is 65.5 Å². The Morgan fingerprint density at radius 3 is 2.05 bits per heavy atom. The van der Waals surface area contributed by atoms with Crippen LogP contribution in [0.3, 0.4) is 0 Å². The van der Waals surface area contributed by atoms with Gasteiger partial charge >= 0.3 is 59.5 Å². The van der Waals surface area contributed by atoms with Gasteiger partial charge in [0.1, 0.15) is 0 Å². The fraction of sp³-hybridized carbons (Fsp3) is 0.432. The van der Waals surface area contributed by atoms with Crippen molar-refractivity contribution in [3.05, 3.63) is 101 Å². The number of hydrogen-bond acceptors (Lipinski definition) is 1. The summed E-state index contributed by atoms with van der Waals surface area (Å²) in [5.41, 5.74) is 11.0. The molecule has 1 aromatic heterocycles. The van der Waals surface area contributed by atoms with Gasteiger partial charge in [0.25, 0.3) is 0 Å². The van der Waals surface area contributed by atoms with Gasteiger partial charge in [0.05, 0.1) is 6.26 Å². The van der Waals surface area contributed by atoms with Gasteiger partial charge in [-0.15, -0.1) is 17.2 Å². The third-order valence-corrected chi connectivity index (χ3v) is 8.92. The zero-order chi connectivity index (χ0) is 28.2. The molecule has 0 amide bonds. The van der Waals surface area contributed by atoms with Gasteiger partial charge in [-0.05, 0) is 28.4 Å². The molecule has 218 valence electrons. The van der Waals surface area contributed by atoms with Gasteiger partial charge in [-0.1, -0.05) is 89.8 Å². The van der Waals surface area contributed by atoms with E-state index in [1.54, 1.807) is 40.0 Å². The van der Waals surface area contributed by atoms with Gasteiger partial charge in [0, 0.05) is 6.26 Å². The van der Waals surface area contributed by atoms with Crippen molar-refractivity contribution in [1.82, 2.24) is 0 Å². The van der Waals surface area contributed by atoms with Crippen LogP contribution in [0.2, 0.25) is 0 Å². The molecule has 1 heterocycles. The number of fused-ring (bicyclic) bond motifs is 3. The van der Waals surface area contributed by atoms with Crippen LogP contribution in [0.5, 0.6) is 0 Å². The van der Waals surface area contributed by atoms with Crippen LogP contribution in [-0.4, -0.2) is 3.21 Å². The van der Waals surface area contributed by atoms with Crippen LogP contribution in [0, 0.1) is 18.1 Å². The fourth-order valence-electron chi connectivity index (χ4n) is 5.19. The first kappa shape index (κ1) is 35.7. The summed E-state index contributed by atoms with van der Waals surface area (Å²) in [5, 5.41) is 0. The Morgan fingerprint density at radius 2 is 1.54 bits per heavy atom. The van der Waals surface area contributed by atoms with Gasteiger partial charge in [-0.2, -0.15) is 41.5 Å². The van der Waals surface area contributed by atoms with Crippen molar-refractivity contribution in [1.29, 1.82) is 0 Å². The summed E-state index contributed by atoms with van der Waals surface area (Å²) in [7, 11) is 0. The van der Waals surface area contributed by atoms with Gasteiger partial charge < -0.3 is 29.2 Å². The molecule has 3 aliphatic rings. The van der Waals surface area contributed by atoms with E-state index < -0.39 is 0 Å². The number of rotatable bonds is 1. The second kappa shape index (κ2) is 15.3. The Kier molecular flexibility index (Phi) is 13.3. The van der Waals surface area contributed by atoms with Gasteiger partial charge in [-0.25, -0.2) is 0 Å². The Bertz CT molecular complexity index is 1280. The Labute approximate surface area is 276 Å². The molecule has 1 unspecified atom stereocenters. The molecule has 1 atom stereocenters. The molecule has 4 heteroatoms. The molecule has 0 saturated heterocycles. The molecular weight excluding hydrogens is 623 g/mol. The molecule has 1 fully saturated rings. The van der Waals surface area contributed by atoms with E-state index in [0.717, 1.165) is 17.6 Å². The molecule has 2 aromatic carbocycles. The minimum atomic E-state index is 0. The molecule has 0 bridgehead atoms. The van der Waals surface area contributed by atoms with Crippen LogP contribution in [0.15, 0.2) is 65.5 Å². The van der Waals surface area contributed by atoms with E-state index in [-0.39, 0.29) is 35.6 Å². The van der Waals surface area contributed by atoms with Crippen molar-refractivity contribution < 1.29 is 53.5 Å². The number of benzene rings is 2. The summed E-state index contributed by atoms with van der Waals surface area (Å²) in [6, 6.07) is 17.1. The maximum absolute atomic E-state index is 4.97. The van der Waals surface area contributed by atoms with E-state index in [4.69, 9.17) is 4.42 Å². The second-order valence-corrected chi connectivity index (χ2v) is 14.9. The normalized spacial score (nSPS) is 17.0. The first-order valence-corrected chi connectivity index (χ1v) is 15.7. The zero-order valence-corrected chi connectivity index (χ0v) is 29.7. The summed E-state index contributed by atoms with van der Waals surface area (Å²) >= 11 is 1.69. The van der Waals surface area contributed by atoms with Crippen LogP contribution in [-0.2, 0) is 41.5 Å². The van der Waals surface area contributed by atoms with Crippen LogP contribution >= 0.6 is 0 Å². The zero-order valence-electron chi connectivity index (χ0n) is 25.8. The predicted octanol–water partition coefficient (Wildman–Crippen LogP) is 4.00. The van der Waals surface area contributed by atoms with Crippen molar-refractivity contribution in [2.75, 3.05) is 0 Å². The topological polar surface area (TPSA) is 13.1 Å². The summed E-state index contributed by atoms with van der Waals surface area (Å²) in [5.74, 6) is 0.444. The average molecular weight is 667 g/mol. The standard InChI is InChI=1S/C21H25.C10H9O.C6H10.2ClH.Zr/c1-20(2,3)16-7-9-18-14(12-16)11-15-13-17(21(4,5)6)8-10-19(15)18;1-8-2-3-9(6-8)10-4-5-11-7-10;1-2-4-6-5-3-1;;;/h7-10,12H,11H2,1-6H3;2-5,7-8H,1H3;1-5H2;2*1H;/q2*-1;;;;+2/p-2. The number of halogens is 2. The van der Waals surface area contributed by atoms with Crippen LogP contribution in [0.25, 0.3) is 16.7 Å². The molecule has 0 radical (unpaired) electrons. The van der Waals surface area contributed by atoms with Crippen molar-refractivity contribution in [2.24, 2.45) is 5.92 Å². The van der Waals surface area contributed by atoms with Gasteiger partial charge in [0.15, 0.2) is 0 Å². The van der Waals surface area contributed by atoms with Gasteiger partial charge in [0.2, 0.25) is 0 Å². The second-order valence-electron chi connectivity index (χ2n) is 13.2. The monoisotopic (exact) mass is 664 g/mol. The Hall–Kier alpha value is -1.47. The van der Waals surface area contributed by atoms with E-state index >= 15 is 0 Å². The van der Waals surface area contributed by atoms with E-state index in [2.05, 4.69) is 103 Å². The number of furan rings is 1. The summed E-state index contributed by atoms with van der Waals surface area (Å²) in [6.07, 6.45) is 19.3. The average Bonchev–Trinajstić information content (AvgIpc) is 3.63. The summed E-state index contributed by atoms with van der Waals surface area (Å²) in [4.78, 5) is 0. The molecular formula is C37H44Cl2OZr-2. The molecule has 1 nitrogen and oxygen atoms in total. The SMILES string of the molecule is CC(C)(C)c1[c-]c2c(cc1)-c1ccc(C(C)(C)C)cc1C2.CC1[C-]=C(c2ccoc2)C=C1.[Cl-].[Cl-].[Zr+2]=[C]1CCCCC1. The molecule has 0 aliphatic heterocycles. The molecule has 0 N–H and O–H groups in total. The first-order valence-electron chi connectivity index (χ1n) is 14.5. The van der Waals surface area contributed by atoms with Crippen molar-refractivity contribution in [3.8, 4) is 11.1 Å². The summed E-state index contributed by atoms with van der Waals surface area (Å²) < 4.78 is 6.77. The first-order chi connectivity index (χ1) is 18.4. The minimum absolute atomic E-state index is 0. The molecule has 1 saturated carbocycles. The number of hydrogen-bond donors (Lipinski definition) is 0. The fourth-order valence-corrected chi connectivity index (χ4v) is 6.05. The van der Waals surface area contributed by atoms with Crippen molar-refractivity contribution >= 4 is 8.78 Å². The quantitative estimate of drug-likeness (QED) is 0.280. The third-order valence-electron chi connectivity index (χ3n) is 7.69. The van der Waals surface area contributed by atoms with Crippen molar-refractivity contribution in [2.45, 2.75) is 97.8 Å². The maximum atomic E-state index is 4.97. The van der Waals surface area contributed by atoms with Gasteiger partial charge in [-0.3, -0.25) is 0 Å². The third kappa shape index (κ3) is 9.78. The van der Waals surface area contributed by atoms with Crippen LogP contribution in [0.4, 0.5) is 0 Å². The molecule has 41 heavy (non-hydrogen) atoms. The van der Waals surface area contributed by atoms with Crippen molar-refractivity contribution in [3.63, 3.8) is 0 Å². The van der Waals surface area contributed by atoms with E-state index in [0.29, 0.717) is 5.92 Å². The van der Waals surface area contributed by atoms with Crippen LogP contribution in [0.1, 0.15) is 108 Å². The Balaban J connectivity index is 0.000000246. The summed E-state index contributed by atoms with van der Waals surface area (Å²) in [6.45, 7) is 15.7. The molecule has 6 rings (SSSR count). The Morgan fingerprint density at radius 1 is 0.854 bits per heavy atom. The molecule has 0 spiro atoms. The van der Waals surface area contributed by atoms with E-state index in [1.807, 2.05) is 6.07 Å². The predicted molar refractivity (Wildman–Crippen MR) is 163 cm³/mol. The van der Waals surface area contributed by atoms with Crippen LogP contribution < -0.4 is 24.8 Å². The molecule has 3 aliphatic carbocycles.